The zero-order chi connectivity index (χ0) is 26.0. The molecule has 36 heavy (non-hydrogen) atoms. The summed E-state index contributed by atoms with van der Waals surface area (Å²) in [5.74, 6) is -3.74. The van der Waals surface area contributed by atoms with E-state index in [0.717, 1.165) is 4.90 Å². The number of fused-ring (bicyclic) bond motifs is 1. The number of ether oxygens (including phenoxy) is 2. The van der Waals surface area contributed by atoms with Crippen LogP contribution in [-0.2, 0) is 23.9 Å². The number of carbonyl (C=O) groups is 5. The van der Waals surface area contributed by atoms with Gasteiger partial charge >= 0.3 is 11.9 Å². The van der Waals surface area contributed by atoms with Gasteiger partial charge in [-0.15, -0.1) is 23.2 Å². The summed E-state index contributed by atoms with van der Waals surface area (Å²) in [7, 11) is 1.26. The molecule has 188 valence electrons. The summed E-state index contributed by atoms with van der Waals surface area (Å²) in [5.41, 5.74) is 1.03. The summed E-state index contributed by atoms with van der Waals surface area (Å²) in [6, 6.07) is 11.9. The van der Waals surface area contributed by atoms with Crippen molar-refractivity contribution in [2.45, 2.75) is 23.6 Å². The second-order valence-corrected chi connectivity index (χ2v) is 9.59. The van der Waals surface area contributed by atoms with Gasteiger partial charge in [-0.1, -0.05) is 6.07 Å². The standard InChI is InChI=1S/C25H22Cl2N2O7/c1-35-24(33)13-5-7-15(8-6-13)28-21(30)12-36-25(34)14-3-2-4-16(9-14)29-22(31)17-10-19(26)20(27)11-18(17)23(29)32/h2-9,17-20H,10-12H2,1H3,(H,28,30)/t17-,18-,19+,20+/m1/s1. The van der Waals surface area contributed by atoms with E-state index in [1.165, 1.54) is 49.6 Å². The molecule has 0 spiro atoms. The molecule has 2 fully saturated rings. The first kappa shape index (κ1) is 25.7. The lowest BCUT2D eigenvalue weighted by atomic mass is 9.80. The highest BCUT2D eigenvalue weighted by atomic mass is 35.5. The normalized spacial score (nSPS) is 23.1. The fourth-order valence-electron chi connectivity index (χ4n) is 4.34. The van der Waals surface area contributed by atoms with E-state index < -0.39 is 47.0 Å². The Labute approximate surface area is 216 Å². The Morgan fingerprint density at radius 1 is 0.917 bits per heavy atom. The zero-order valence-electron chi connectivity index (χ0n) is 19.1. The molecule has 0 unspecified atom stereocenters. The molecule has 3 amide bonds. The maximum Gasteiger partial charge on any atom is 0.338 e. The average molecular weight is 533 g/mol. The van der Waals surface area contributed by atoms with Crippen molar-refractivity contribution < 1.29 is 33.4 Å². The number of amides is 3. The number of esters is 2. The number of hydrogen-bond acceptors (Lipinski definition) is 7. The van der Waals surface area contributed by atoms with Gasteiger partial charge in [0, 0.05) is 5.69 Å². The lowest BCUT2D eigenvalue weighted by Crippen LogP contribution is -2.34. The quantitative estimate of drug-likeness (QED) is 0.344. The number of methoxy groups -OCH3 is 1. The van der Waals surface area contributed by atoms with Crippen LogP contribution in [0.25, 0.3) is 0 Å². The molecule has 4 atom stereocenters. The first-order chi connectivity index (χ1) is 17.2. The molecule has 1 heterocycles. The van der Waals surface area contributed by atoms with Crippen LogP contribution in [0.15, 0.2) is 48.5 Å². The van der Waals surface area contributed by atoms with Gasteiger partial charge in [-0.3, -0.25) is 19.3 Å². The van der Waals surface area contributed by atoms with E-state index in [4.69, 9.17) is 27.9 Å². The number of nitrogens with one attached hydrogen (secondary N) is 1. The largest absolute Gasteiger partial charge is 0.465 e. The summed E-state index contributed by atoms with van der Waals surface area (Å²) < 4.78 is 9.70. The summed E-state index contributed by atoms with van der Waals surface area (Å²) in [4.78, 5) is 63.2. The molecule has 11 heteroatoms. The highest BCUT2D eigenvalue weighted by Gasteiger charge is 2.52. The van der Waals surface area contributed by atoms with Crippen molar-refractivity contribution in [3.8, 4) is 0 Å². The Bertz CT molecular complexity index is 1190. The summed E-state index contributed by atoms with van der Waals surface area (Å²) in [5, 5.41) is 1.75. The average Bonchev–Trinajstić information content (AvgIpc) is 3.11. The van der Waals surface area contributed by atoms with Gasteiger partial charge in [-0.2, -0.15) is 0 Å². The smallest absolute Gasteiger partial charge is 0.338 e. The zero-order valence-corrected chi connectivity index (χ0v) is 20.6. The third kappa shape index (κ3) is 5.22. The van der Waals surface area contributed by atoms with Gasteiger partial charge in [0.25, 0.3) is 5.91 Å². The molecule has 0 aromatic heterocycles. The van der Waals surface area contributed by atoms with Crippen LogP contribution in [0.2, 0.25) is 0 Å². The minimum absolute atomic E-state index is 0.0728. The van der Waals surface area contributed by atoms with Gasteiger partial charge in [0.2, 0.25) is 11.8 Å². The van der Waals surface area contributed by atoms with E-state index in [1.807, 2.05) is 0 Å². The van der Waals surface area contributed by atoms with Crippen LogP contribution in [0.1, 0.15) is 33.6 Å². The highest BCUT2D eigenvalue weighted by molar-refractivity contribution is 6.31. The summed E-state index contributed by atoms with van der Waals surface area (Å²) >= 11 is 12.4. The van der Waals surface area contributed by atoms with Gasteiger partial charge in [-0.25, -0.2) is 9.59 Å². The Kier molecular flexibility index (Phi) is 7.61. The van der Waals surface area contributed by atoms with Crippen molar-refractivity contribution in [1.29, 1.82) is 0 Å². The first-order valence-electron chi connectivity index (χ1n) is 11.1. The topological polar surface area (TPSA) is 119 Å². The van der Waals surface area contributed by atoms with Crippen LogP contribution >= 0.6 is 23.2 Å². The lowest BCUT2D eigenvalue weighted by Gasteiger charge is -2.28. The summed E-state index contributed by atoms with van der Waals surface area (Å²) in [6.07, 6.45) is 0.618. The number of benzene rings is 2. The first-order valence-corrected chi connectivity index (χ1v) is 12.0. The highest BCUT2D eigenvalue weighted by Crippen LogP contribution is 2.43. The minimum Gasteiger partial charge on any atom is -0.465 e. The molecular formula is C25H22Cl2N2O7. The van der Waals surface area contributed by atoms with Gasteiger partial charge in [-0.05, 0) is 55.3 Å². The van der Waals surface area contributed by atoms with Crippen LogP contribution in [0.4, 0.5) is 11.4 Å². The van der Waals surface area contributed by atoms with E-state index in [1.54, 1.807) is 6.07 Å². The Morgan fingerprint density at radius 2 is 1.53 bits per heavy atom. The van der Waals surface area contributed by atoms with E-state index >= 15 is 0 Å². The third-order valence-electron chi connectivity index (χ3n) is 6.18. The maximum absolute atomic E-state index is 13.0. The lowest BCUT2D eigenvalue weighted by molar-refractivity contribution is -0.122. The van der Waals surface area contributed by atoms with E-state index in [9.17, 15) is 24.0 Å². The predicted octanol–water partition coefficient (Wildman–Crippen LogP) is 3.38. The number of rotatable bonds is 6. The predicted molar refractivity (Wildman–Crippen MR) is 131 cm³/mol. The maximum atomic E-state index is 13.0. The molecule has 1 aliphatic heterocycles. The van der Waals surface area contributed by atoms with Gasteiger partial charge in [0.1, 0.15) is 0 Å². The van der Waals surface area contributed by atoms with Gasteiger partial charge in [0.15, 0.2) is 6.61 Å². The van der Waals surface area contributed by atoms with Crippen molar-refractivity contribution in [2.75, 3.05) is 23.9 Å². The van der Waals surface area contributed by atoms with Crippen LogP contribution in [0.3, 0.4) is 0 Å². The monoisotopic (exact) mass is 532 g/mol. The van der Waals surface area contributed by atoms with Crippen LogP contribution < -0.4 is 10.2 Å². The molecule has 1 saturated heterocycles. The van der Waals surface area contributed by atoms with E-state index in [2.05, 4.69) is 10.1 Å². The molecule has 9 nitrogen and oxygen atoms in total. The van der Waals surface area contributed by atoms with Gasteiger partial charge < -0.3 is 14.8 Å². The number of imide groups is 1. The summed E-state index contributed by atoms with van der Waals surface area (Å²) in [6.45, 7) is -0.568. The number of hydrogen-bond donors (Lipinski definition) is 1. The SMILES string of the molecule is COC(=O)c1ccc(NC(=O)COC(=O)c2cccc(N3C(=O)[C@@H]4C[C@H](Cl)[C@@H](Cl)C[C@H]4C3=O)c2)cc1. The molecule has 4 rings (SSSR count). The second-order valence-electron chi connectivity index (χ2n) is 8.47. The fourth-order valence-corrected chi connectivity index (χ4v) is 4.93. The van der Waals surface area contributed by atoms with Crippen molar-refractivity contribution in [3.63, 3.8) is 0 Å². The Morgan fingerprint density at radius 3 is 2.11 bits per heavy atom. The molecular weight excluding hydrogens is 511 g/mol. The number of nitrogens with zero attached hydrogens (tertiary/aromatic N) is 1. The van der Waals surface area contributed by atoms with Gasteiger partial charge in [0.05, 0.1) is 46.5 Å². The van der Waals surface area contributed by atoms with Crippen LogP contribution in [-0.4, -0.2) is 54.1 Å². The van der Waals surface area contributed by atoms with E-state index in [-0.39, 0.29) is 23.1 Å². The number of alkyl halides is 2. The van der Waals surface area contributed by atoms with Crippen molar-refractivity contribution in [1.82, 2.24) is 0 Å². The van der Waals surface area contributed by atoms with Crippen molar-refractivity contribution in [3.05, 3.63) is 59.7 Å². The third-order valence-corrected chi connectivity index (χ3v) is 7.27. The Balaban J connectivity index is 1.38. The molecule has 1 aliphatic carbocycles. The molecule has 2 aliphatic rings. The van der Waals surface area contributed by atoms with Crippen LogP contribution in [0, 0.1) is 11.8 Å². The second kappa shape index (κ2) is 10.7. The van der Waals surface area contributed by atoms with E-state index in [0.29, 0.717) is 24.1 Å². The molecule has 0 radical (unpaired) electrons. The molecule has 1 N–H and O–H groups in total. The molecule has 2 aromatic carbocycles. The molecule has 1 saturated carbocycles. The number of carbonyl (C=O) groups excluding carboxylic acids is 5. The Hall–Kier alpha value is -3.43. The molecule has 0 bridgehead atoms. The minimum atomic E-state index is -0.800. The fraction of sp³-hybridized carbons (Fsp3) is 0.320. The number of anilines is 2. The number of halogens is 2. The van der Waals surface area contributed by atoms with Crippen LogP contribution in [0.5, 0.6) is 0 Å². The van der Waals surface area contributed by atoms with Crippen molar-refractivity contribution >= 4 is 64.2 Å². The molecule has 2 aromatic rings. The van der Waals surface area contributed by atoms with Crippen molar-refractivity contribution in [2.24, 2.45) is 11.8 Å².